The van der Waals surface area contributed by atoms with Gasteiger partial charge in [-0.25, -0.2) is 13.8 Å². The van der Waals surface area contributed by atoms with Crippen LogP contribution in [0.2, 0.25) is 0 Å². The Bertz CT molecular complexity index is 1120. The molecule has 2 aliphatic heterocycles. The first kappa shape index (κ1) is 20.2. The molecule has 4 heterocycles. The van der Waals surface area contributed by atoms with Crippen LogP contribution in [0.15, 0.2) is 36.7 Å². The van der Waals surface area contributed by atoms with Gasteiger partial charge < -0.3 is 4.74 Å². The van der Waals surface area contributed by atoms with E-state index >= 15 is 4.39 Å². The van der Waals surface area contributed by atoms with Crippen LogP contribution in [0.1, 0.15) is 44.6 Å². The van der Waals surface area contributed by atoms with E-state index in [4.69, 9.17) is 4.74 Å². The summed E-state index contributed by atoms with van der Waals surface area (Å²) in [6.45, 7) is 5.81. The number of rotatable bonds is 5. The van der Waals surface area contributed by atoms with E-state index in [1.54, 1.807) is 6.20 Å². The standard InChI is InChI=1S/C24H26F2N4O/c1-15(2)18-6-3-4-7-19(18)22-20(26)21-16(11-27-22)12-28-23(29-21)31-14-24-8-5-9-30(24)13-17(25)10-24/h3-4,6-7,11-12,15,17H,5,8-10,13-14H2,1-2H3. The van der Waals surface area contributed by atoms with Crippen molar-refractivity contribution in [1.29, 1.82) is 0 Å². The Balaban J connectivity index is 1.47. The molecule has 7 heteroatoms. The predicted octanol–water partition coefficient (Wildman–Crippen LogP) is 4.91. The Morgan fingerprint density at radius 1 is 1.23 bits per heavy atom. The summed E-state index contributed by atoms with van der Waals surface area (Å²) in [6, 6.07) is 7.82. The van der Waals surface area contributed by atoms with Gasteiger partial charge in [-0.1, -0.05) is 38.1 Å². The second-order valence-electron chi connectivity index (χ2n) is 8.98. The minimum Gasteiger partial charge on any atom is -0.461 e. The molecule has 2 atom stereocenters. The lowest BCUT2D eigenvalue weighted by molar-refractivity contribution is 0.107. The third-order valence-corrected chi connectivity index (χ3v) is 6.61. The number of hydrogen-bond donors (Lipinski definition) is 0. The smallest absolute Gasteiger partial charge is 0.317 e. The maximum absolute atomic E-state index is 15.5. The van der Waals surface area contributed by atoms with Crippen LogP contribution in [0.25, 0.3) is 22.2 Å². The van der Waals surface area contributed by atoms with Gasteiger partial charge in [0.05, 0.1) is 5.54 Å². The largest absolute Gasteiger partial charge is 0.461 e. The van der Waals surface area contributed by atoms with Crippen molar-refractivity contribution in [2.24, 2.45) is 0 Å². The fourth-order valence-corrected chi connectivity index (χ4v) is 5.07. The van der Waals surface area contributed by atoms with E-state index in [0.717, 1.165) is 30.5 Å². The van der Waals surface area contributed by atoms with Gasteiger partial charge in [0, 0.05) is 36.3 Å². The van der Waals surface area contributed by atoms with Gasteiger partial charge in [0.25, 0.3) is 0 Å². The third kappa shape index (κ3) is 3.55. The van der Waals surface area contributed by atoms with Crippen molar-refractivity contribution in [1.82, 2.24) is 19.9 Å². The fraction of sp³-hybridized carbons (Fsp3) is 0.458. The van der Waals surface area contributed by atoms with Crippen molar-refractivity contribution in [2.45, 2.75) is 50.7 Å². The zero-order valence-electron chi connectivity index (χ0n) is 17.8. The van der Waals surface area contributed by atoms with E-state index < -0.39 is 12.0 Å². The topological polar surface area (TPSA) is 51.1 Å². The molecule has 0 radical (unpaired) electrons. The van der Waals surface area contributed by atoms with Crippen molar-refractivity contribution in [3.8, 4) is 17.3 Å². The Kier molecular flexibility index (Phi) is 5.08. The molecule has 0 bridgehead atoms. The van der Waals surface area contributed by atoms with E-state index in [9.17, 15) is 4.39 Å². The molecule has 0 saturated carbocycles. The van der Waals surface area contributed by atoms with E-state index in [2.05, 4.69) is 33.7 Å². The molecule has 0 spiro atoms. The first-order valence-electron chi connectivity index (χ1n) is 10.9. The van der Waals surface area contributed by atoms with Crippen LogP contribution in [0.4, 0.5) is 8.78 Å². The zero-order chi connectivity index (χ0) is 21.6. The Morgan fingerprint density at radius 2 is 2.03 bits per heavy atom. The number of nitrogens with zero attached hydrogens (tertiary/aromatic N) is 4. The lowest BCUT2D eigenvalue weighted by Gasteiger charge is -2.30. The number of ether oxygens (including phenoxy) is 1. The minimum atomic E-state index is -0.825. The zero-order valence-corrected chi connectivity index (χ0v) is 17.8. The van der Waals surface area contributed by atoms with Gasteiger partial charge in [0.15, 0.2) is 5.82 Å². The highest BCUT2D eigenvalue weighted by molar-refractivity contribution is 5.83. The first-order chi connectivity index (χ1) is 15.0. The Morgan fingerprint density at radius 3 is 2.87 bits per heavy atom. The van der Waals surface area contributed by atoms with Crippen LogP contribution in [0, 0.1) is 5.82 Å². The minimum absolute atomic E-state index is 0.115. The number of aromatic nitrogens is 3. The second kappa shape index (κ2) is 7.79. The number of benzene rings is 1. The van der Waals surface area contributed by atoms with Crippen molar-refractivity contribution in [2.75, 3.05) is 19.7 Å². The van der Waals surface area contributed by atoms with Crippen LogP contribution in [0.5, 0.6) is 6.01 Å². The van der Waals surface area contributed by atoms with Crippen molar-refractivity contribution < 1.29 is 13.5 Å². The maximum atomic E-state index is 15.5. The van der Waals surface area contributed by atoms with Gasteiger partial charge in [-0.15, -0.1) is 0 Å². The second-order valence-corrected chi connectivity index (χ2v) is 8.98. The fourth-order valence-electron chi connectivity index (χ4n) is 5.07. The van der Waals surface area contributed by atoms with E-state index in [1.165, 1.54) is 6.20 Å². The van der Waals surface area contributed by atoms with Crippen LogP contribution < -0.4 is 4.74 Å². The van der Waals surface area contributed by atoms with Crippen LogP contribution >= 0.6 is 0 Å². The molecule has 5 rings (SSSR count). The number of hydrogen-bond acceptors (Lipinski definition) is 5. The van der Waals surface area contributed by atoms with Crippen molar-refractivity contribution in [3.63, 3.8) is 0 Å². The van der Waals surface area contributed by atoms with E-state index in [-0.39, 0.29) is 28.7 Å². The molecular formula is C24H26F2N4O. The quantitative estimate of drug-likeness (QED) is 0.583. The lowest BCUT2D eigenvalue weighted by atomic mass is 9.94. The molecule has 2 fully saturated rings. The molecule has 2 saturated heterocycles. The summed E-state index contributed by atoms with van der Waals surface area (Å²) in [5, 5.41) is 0.515. The van der Waals surface area contributed by atoms with Crippen LogP contribution in [-0.4, -0.2) is 51.3 Å². The summed E-state index contributed by atoms with van der Waals surface area (Å²) >= 11 is 0. The molecule has 5 nitrogen and oxygen atoms in total. The van der Waals surface area contributed by atoms with Gasteiger partial charge in [-0.3, -0.25) is 9.88 Å². The summed E-state index contributed by atoms with van der Waals surface area (Å²) in [7, 11) is 0. The maximum Gasteiger partial charge on any atom is 0.317 e. The Labute approximate surface area is 180 Å². The normalized spacial score (nSPS) is 23.6. The molecule has 0 aliphatic carbocycles. The molecule has 3 aromatic rings. The molecule has 2 aromatic heterocycles. The Hall–Kier alpha value is -2.67. The van der Waals surface area contributed by atoms with Crippen molar-refractivity contribution >= 4 is 10.9 Å². The third-order valence-electron chi connectivity index (χ3n) is 6.61. The summed E-state index contributed by atoms with van der Waals surface area (Å²) < 4.78 is 35.4. The van der Waals surface area contributed by atoms with E-state index in [1.807, 2.05) is 24.3 Å². The van der Waals surface area contributed by atoms with Crippen LogP contribution in [0.3, 0.4) is 0 Å². The summed E-state index contributed by atoms with van der Waals surface area (Å²) in [4.78, 5) is 15.1. The molecule has 31 heavy (non-hydrogen) atoms. The highest BCUT2D eigenvalue weighted by atomic mass is 19.1. The van der Waals surface area contributed by atoms with Gasteiger partial charge in [-0.05, 0) is 30.9 Å². The van der Waals surface area contributed by atoms with Crippen LogP contribution in [-0.2, 0) is 0 Å². The summed E-state index contributed by atoms with van der Waals surface area (Å²) in [5.74, 6) is -0.250. The predicted molar refractivity (Wildman–Crippen MR) is 115 cm³/mol. The lowest BCUT2D eigenvalue weighted by Crippen LogP contribution is -2.43. The number of halogens is 2. The first-order valence-corrected chi connectivity index (χ1v) is 10.9. The summed E-state index contributed by atoms with van der Waals surface area (Å²) in [6.07, 6.45) is 4.70. The summed E-state index contributed by atoms with van der Waals surface area (Å²) in [5.41, 5.74) is 1.96. The molecule has 2 unspecified atom stereocenters. The van der Waals surface area contributed by atoms with Gasteiger partial charge in [0.2, 0.25) is 0 Å². The molecule has 2 aliphatic rings. The van der Waals surface area contributed by atoms with Gasteiger partial charge in [0.1, 0.15) is 24.0 Å². The SMILES string of the molecule is CC(C)c1ccccc1-c1ncc2cnc(OCC34CCCN3CC(F)C4)nc2c1F. The number of alkyl halides is 1. The highest BCUT2D eigenvalue weighted by Gasteiger charge is 2.49. The molecule has 0 N–H and O–H groups in total. The highest BCUT2D eigenvalue weighted by Crippen LogP contribution is 2.40. The molecule has 162 valence electrons. The monoisotopic (exact) mass is 424 g/mol. The van der Waals surface area contributed by atoms with Gasteiger partial charge in [-0.2, -0.15) is 4.98 Å². The molecule has 1 aromatic carbocycles. The average molecular weight is 424 g/mol. The van der Waals surface area contributed by atoms with Gasteiger partial charge >= 0.3 is 6.01 Å². The molecular weight excluding hydrogens is 398 g/mol. The van der Waals surface area contributed by atoms with E-state index in [0.29, 0.717) is 25.0 Å². The van der Waals surface area contributed by atoms with Crippen molar-refractivity contribution in [3.05, 3.63) is 48.0 Å². The molecule has 0 amide bonds. The number of fused-ring (bicyclic) bond motifs is 2. The average Bonchev–Trinajstić information content (AvgIpc) is 3.28. The number of pyridine rings is 1.